The highest BCUT2D eigenvalue weighted by Crippen LogP contribution is 2.29. The van der Waals surface area contributed by atoms with Gasteiger partial charge >= 0.3 is 0 Å². The second-order valence-electron chi connectivity index (χ2n) is 19.9. The third-order valence-corrected chi connectivity index (χ3v) is 14.5. The highest BCUT2D eigenvalue weighted by Gasteiger charge is 2.44. The molecule has 0 radical (unpaired) electrons. The predicted molar refractivity (Wildman–Crippen MR) is 276 cm³/mol. The predicted octanol–water partition coefficient (Wildman–Crippen LogP) is 6.53. The molecule has 0 saturated carbocycles. The van der Waals surface area contributed by atoms with Crippen LogP contribution >= 0.6 is 11.3 Å². The van der Waals surface area contributed by atoms with Gasteiger partial charge in [-0.3, -0.25) is 33.9 Å². The van der Waals surface area contributed by atoms with Gasteiger partial charge in [-0.25, -0.2) is 15.0 Å². The minimum absolute atomic E-state index is 0.0102. The maximum atomic E-state index is 14.1. The number of aliphatic hydroxyl groups is 1. The fourth-order valence-electron chi connectivity index (χ4n) is 9.24. The number of Topliss-reactive ketones (excluding diaryl/α,β-unsaturated/α-hetero) is 1. The number of aryl methyl sites for hydroxylation is 2. The Morgan fingerprint density at radius 2 is 1.57 bits per heavy atom. The quantitative estimate of drug-likeness (QED) is 0.0843. The molecular weight excluding hydrogens is 927 g/mol. The van der Waals surface area contributed by atoms with Crippen LogP contribution in [0.3, 0.4) is 0 Å². The van der Waals surface area contributed by atoms with E-state index in [9.17, 15) is 29.1 Å². The monoisotopic (exact) mass is 989 g/mol. The first kappa shape index (κ1) is 51.3. The summed E-state index contributed by atoms with van der Waals surface area (Å²) in [7, 11) is 0. The number of piperazine rings is 1. The third-order valence-electron chi connectivity index (χ3n) is 13.5. The molecule has 2 saturated heterocycles. The molecule has 0 unspecified atom stereocenters. The van der Waals surface area contributed by atoms with E-state index >= 15 is 0 Å². The topological polar surface area (TPSA) is 191 Å². The average molecular weight is 990 g/mol. The number of hydrogen-bond acceptors (Lipinski definition) is 12. The zero-order chi connectivity index (χ0) is 50.9. The molecule has 3 N–H and O–H groups in total. The summed E-state index contributed by atoms with van der Waals surface area (Å²) >= 11 is 1.57. The van der Waals surface area contributed by atoms with Crippen molar-refractivity contribution in [2.75, 3.05) is 32.7 Å². The summed E-state index contributed by atoms with van der Waals surface area (Å²) in [6.07, 6.45) is 5.18. The lowest BCUT2D eigenvalue weighted by Crippen LogP contribution is -2.57. The summed E-state index contributed by atoms with van der Waals surface area (Å²) in [5.41, 5.74) is 10.5. The molecule has 0 bridgehead atoms. The van der Waals surface area contributed by atoms with Gasteiger partial charge in [-0.05, 0) is 70.8 Å². The molecule has 5 heterocycles. The Bertz CT molecular complexity index is 2880. The number of thiazole rings is 1. The van der Waals surface area contributed by atoms with E-state index < -0.39 is 35.4 Å². The van der Waals surface area contributed by atoms with E-state index in [0.29, 0.717) is 50.5 Å². The van der Waals surface area contributed by atoms with E-state index in [1.807, 2.05) is 112 Å². The number of ketones is 1. The van der Waals surface area contributed by atoms with Crippen molar-refractivity contribution >= 4 is 40.7 Å². The van der Waals surface area contributed by atoms with Crippen LogP contribution in [0.1, 0.15) is 89.7 Å². The van der Waals surface area contributed by atoms with Gasteiger partial charge in [0.2, 0.25) is 23.6 Å². The number of pyridine rings is 1. The molecule has 2 fully saturated rings. The number of carbonyl (C=O) groups is 5. The second-order valence-corrected chi connectivity index (χ2v) is 20.8. The molecule has 374 valence electrons. The zero-order valence-corrected chi connectivity index (χ0v) is 42.5. The fourth-order valence-corrected chi connectivity index (χ4v) is 10.1. The van der Waals surface area contributed by atoms with E-state index in [1.54, 1.807) is 34.8 Å². The molecule has 0 aliphatic carbocycles. The molecule has 15 nitrogen and oxygen atoms in total. The first-order chi connectivity index (χ1) is 34.6. The summed E-state index contributed by atoms with van der Waals surface area (Å²) in [5, 5.41) is 16.4. The van der Waals surface area contributed by atoms with Crippen molar-refractivity contribution in [3.63, 3.8) is 0 Å². The van der Waals surface area contributed by atoms with Crippen LogP contribution in [0.25, 0.3) is 21.7 Å². The Kier molecular flexibility index (Phi) is 16.4. The number of aliphatic hydroxyl groups excluding tert-OH is 1. The summed E-state index contributed by atoms with van der Waals surface area (Å²) in [5.74, 6) is -0.677. The lowest BCUT2D eigenvalue weighted by molar-refractivity contribution is -0.144. The largest absolute Gasteiger partial charge is 0.391 e. The zero-order valence-electron chi connectivity index (χ0n) is 41.6. The Hall–Kier alpha value is -7.01. The lowest BCUT2D eigenvalue weighted by atomic mass is 9.85. The van der Waals surface area contributed by atoms with Crippen molar-refractivity contribution in [3.8, 4) is 21.7 Å². The normalized spacial score (nSPS) is 16.6. The van der Waals surface area contributed by atoms with Gasteiger partial charge in [0.05, 0.1) is 27.9 Å². The SMILES string of the molecule is Cc1ccc(CC(=O)c2ccc(CN3CCN(C(=O)CCC(=O)N[C@H](C(=O)N4C[C@H](O)C[C@H]4C(=O)NCc4ccc(-c5scnc5C)cc4)C(C)(C)C)CC3)cc2)cc1Cc1nccc(-c2cccnc2)n1. The van der Waals surface area contributed by atoms with Crippen LogP contribution in [0, 0.1) is 19.3 Å². The van der Waals surface area contributed by atoms with E-state index in [-0.39, 0.29) is 56.4 Å². The van der Waals surface area contributed by atoms with Gasteiger partial charge < -0.3 is 25.5 Å². The van der Waals surface area contributed by atoms with Crippen LogP contribution < -0.4 is 10.6 Å². The molecular formula is C56H63N9O6S. The van der Waals surface area contributed by atoms with Crippen molar-refractivity contribution in [2.24, 2.45) is 5.41 Å². The molecule has 72 heavy (non-hydrogen) atoms. The van der Waals surface area contributed by atoms with Crippen LogP contribution in [0.5, 0.6) is 0 Å². The first-order valence-electron chi connectivity index (χ1n) is 24.6. The van der Waals surface area contributed by atoms with Crippen molar-refractivity contribution in [2.45, 2.75) is 98.0 Å². The molecule has 3 atom stereocenters. The molecule has 0 spiro atoms. The number of aromatic nitrogens is 4. The van der Waals surface area contributed by atoms with Crippen molar-refractivity contribution in [1.29, 1.82) is 0 Å². The highest BCUT2D eigenvalue weighted by molar-refractivity contribution is 7.13. The number of hydrogen-bond donors (Lipinski definition) is 3. The first-order valence-corrected chi connectivity index (χ1v) is 25.4. The summed E-state index contributed by atoms with van der Waals surface area (Å²) < 4.78 is 0. The van der Waals surface area contributed by atoms with E-state index in [0.717, 1.165) is 55.2 Å². The number of carbonyl (C=O) groups excluding carboxylic acids is 5. The smallest absolute Gasteiger partial charge is 0.246 e. The van der Waals surface area contributed by atoms with Crippen molar-refractivity contribution in [3.05, 3.63) is 154 Å². The van der Waals surface area contributed by atoms with Gasteiger partial charge in [0, 0.05) is 108 Å². The van der Waals surface area contributed by atoms with Crippen LogP contribution in [-0.2, 0) is 45.1 Å². The van der Waals surface area contributed by atoms with Gasteiger partial charge in [-0.1, -0.05) is 87.5 Å². The number of amides is 4. The molecule has 2 aliphatic heterocycles. The Labute approximate surface area is 425 Å². The van der Waals surface area contributed by atoms with Crippen LogP contribution in [0.15, 0.2) is 109 Å². The summed E-state index contributed by atoms with van der Waals surface area (Å²) in [6, 6.07) is 25.5. The number of rotatable bonds is 17. The maximum Gasteiger partial charge on any atom is 0.246 e. The fraction of sp³-hybridized carbons (Fsp3) is 0.375. The van der Waals surface area contributed by atoms with Crippen molar-refractivity contribution in [1.82, 2.24) is 45.3 Å². The average Bonchev–Trinajstić information content (AvgIpc) is 4.00. The van der Waals surface area contributed by atoms with Gasteiger partial charge in [-0.2, -0.15) is 0 Å². The molecule has 16 heteroatoms. The van der Waals surface area contributed by atoms with Gasteiger partial charge in [0.15, 0.2) is 5.78 Å². The van der Waals surface area contributed by atoms with Crippen LogP contribution in [0.2, 0.25) is 0 Å². The highest BCUT2D eigenvalue weighted by atomic mass is 32.1. The molecule has 2 aliphatic rings. The minimum atomic E-state index is -0.991. The third kappa shape index (κ3) is 13.1. The molecule has 3 aromatic heterocycles. The minimum Gasteiger partial charge on any atom is -0.391 e. The van der Waals surface area contributed by atoms with Gasteiger partial charge in [0.1, 0.15) is 17.9 Å². The number of likely N-dealkylation sites (tertiary alicyclic amines) is 1. The number of benzene rings is 3. The number of nitrogens with zero attached hydrogens (tertiary/aromatic N) is 7. The standard InChI is InChI=1S/C56H63N9O6S/c1-36-8-9-40(27-44(36)29-49-58-22-20-46(61-49)43-7-6-21-57-32-43)28-48(67)41-14-12-39(13-15-41)33-63-23-25-64(26-24-63)51(69)19-18-50(68)62-53(56(3,4)5)55(71)65-34-45(66)30-47(65)54(70)59-31-38-10-16-42(17-11-38)52-37(2)60-35-72-52/h6-17,20-22,27,32,35,45,47,53,66H,18-19,23-26,28-31,33-34H2,1-5H3,(H,59,70)(H,62,68)/t45-,47+,53-/m1/s1. The second kappa shape index (κ2) is 23.0. The summed E-state index contributed by atoms with van der Waals surface area (Å²) in [6.45, 7) is 12.7. The van der Waals surface area contributed by atoms with Gasteiger partial charge in [0.25, 0.3) is 0 Å². The molecule has 6 aromatic rings. The molecule has 4 amide bonds. The Morgan fingerprint density at radius 1 is 0.833 bits per heavy atom. The molecule has 8 rings (SSSR count). The number of nitrogens with one attached hydrogen (secondary N) is 2. The van der Waals surface area contributed by atoms with Crippen LogP contribution in [-0.4, -0.2) is 120 Å². The van der Waals surface area contributed by atoms with Crippen LogP contribution in [0.4, 0.5) is 0 Å². The van der Waals surface area contributed by atoms with E-state index in [4.69, 9.17) is 4.98 Å². The number of β-amino-alcohol motifs (C(OH)–C–C–N with tert-alkyl or cyclic N) is 1. The molecule has 3 aromatic carbocycles. The Balaban J connectivity index is 0.769. The van der Waals surface area contributed by atoms with Gasteiger partial charge in [-0.15, -0.1) is 11.3 Å². The lowest BCUT2D eigenvalue weighted by Gasteiger charge is -2.36. The van der Waals surface area contributed by atoms with E-state index in [1.165, 1.54) is 4.90 Å². The van der Waals surface area contributed by atoms with Crippen molar-refractivity contribution < 1.29 is 29.1 Å². The van der Waals surface area contributed by atoms with E-state index in [2.05, 4.69) is 43.5 Å². The Morgan fingerprint density at radius 3 is 2.26 bits per heavy atom. The summed E-state index contributed by atoms with van der Waals surface area (Å²) in [4.78, 5) is 92.1. The maximum absolute atomic E-state index is 14.1.